The zero-order chi connectivity index (χ0) is 28.1. The highest BCUT2D eigenvalue weighted by Gasteiger charge is 2.41. The van der Waals surface area contributed by atoms with E-state index < -0.39 is 11.9 Å². The largest absolute Gasteiger partial charge is 0.504 e. The molecule has 2 aromatic carbocycles. The first-order valence-electron chi connectivity index (χ1n) is 12.9. The van der Waals surface area contributed by atoms with Crippen LogP contribution in [0.3, 0.4) is 0 Å². The number of phenolic OH excluding ortho intramolecular Hbond substituents is 1. The first-order chi connectivity index (χ1) is 18.8. The third-order valence-electron chi connectivity index (χ3n) is 7.06. The van der Waals surface area contributed by atoms with Crippen molar-refractivity contribution in [1.29, 1.82) is 0 Å². The van der Waals surface area contributed by atoms with Crippen LogP contribution in [-0.2, 0) is 19.1 Å². The van der Waals surface area contributed by atoms with Crippen molar-refractivity contribution in [2.75, 3.05) is 41.2 Å². The Kier molecular flexibility index (Phi) is 8.81. The van der Waals surface area contributed by atoms with Gasteiger partial charge in [0.25, 0.3) is 0 Å². The molecule has 0 radical (unpaired) electrons. The number of aromatic hydroxyl groups is 1. The SMILES string of the molecule is CCOc1cc([C@@H]2C(C(=O)OCCOC)=C(C)NC3=C2C(=O)C[C@H](c2ccc(OC)c(OC)c2)C3)ccc1O. The van der Waals surface area contributed by atoms with Gasteiger partial charge >= 0.3 is 5.97 Å². The van der Waals surface area contributed by atoms with Gasteiger partial charge in [0, 0.05) is 36.4 Å². The minimum atomic E-state index is -0.685. The summed E-state index contributed by atoms with van der Waals surface area (Å²) in [6, 6.07) is 10.6. The van der Waals surface area contributed by atoms with Gasteiger partial charge in [-0.2, -0.15) is 0 Å². The topological polar surface area (TPSA) is 113 Å². The molecule has 0 spiro atoms. The second-order valence-corrected chi connectivity index (χ2v) is 9.42. The van der Waals surface area contributed by atoms with Crippen molar-refractivity contribution in [2.24, 2.45) is 0 Å². The molecule has 2 N–H and O–H groups in total. The number of carbonyl (C=O) groups is 2. The fraction of sp³-hybridized carbons (Fsp3) is 0.400. The molecule has 1 aliphatic heterocycles. The molecule has 1 heterocycles. The molecule has 4 rings (SSSR count). The van der Waals surface area contributed by atoms with E-state index in [9.17, 15) is 14.7 Å². The van der Waals surface area contributed by atoms with E-state index >= 15 is 0 Å². The van der Waals surface area contributed by atoms with Crippen LogP contribution in [-0.4, -0.2) is 58.0 Å². The van der Waals surface area contributed by atoms with Gasteiger partial charge in [0.05, 0.1) is 33.0 Å². The van der Waals surface area contributed by atoms with Crippen LogP contribution in [0.4, 0.5) is 0 Å². The molecular formula is C30H35NO8. The molecule has 1 aliphatic carbocycles. The Morgan fingerprint density at radius 2 is 1.69 bits per heavy atom. The highest BCUT2D eigenvalue weighted by atomic mass is 16.6. The molecule has 9 heteroatoms. The van der Waals surface area contributed by atoms with E-state index in [1.165, 1.54) is 13.2 Å². The van der Waals surface area contributed by atoms with Crippen molar-refractivity contribution in [1.82, 2.24) is 5.32 Å². The summed E-state index contributed by atoms with van der Waals surface area (Å²) >= 11 is 0. The number of hydrogen-bond donors (Lipinski definition) is 2. The van der Waals surface area contributed by atoms with Crippen LogP contribution in [0.2, 0.25) is 0 Å². The number of benzene rings is 2. The summed E-state index contributed by atoms with van der Waals surface area (Å²) in [6.45, 7) is 4.31. The number of nitrogens with one attached hydrogen (secondary N) is 1. The van der Waals surface area contributed by atoms with Crippen molar-refractivity contribution in [3.63, 3.8) is 0 Å². The third-order valence-corrected chi connectivity index (χ3v) is 7.06. The number of phenols is 1. The van der Waals surface area contributed by atoms with Gasteiger partial charge in [-0.25, -0.2) is 4.79 Å². The van der Waals surface area contributed by atoms with E-state index in [1.807, 2.05) is 25.1 Å². The van der Waals surface area contributed by atoms with Crippen molar-refractivity contribution in [2.45, 2.75) is 38.5 Å². The Labute approximate surface area is 228 Å². The molecule has 2 aliphatic rings. The van der Waals surface area contributed by atoms with Crippen LogP contribution >= 0.6 is 0 Å². The van der Waals surface area contributed by atoms with Gasteiger partial charge in [0.15, 0.2) is 28.8 Å². The second kappa shape index (κ2) is 12.3. The van der Waals surface area contributed by atoms with E-state index in [0.717, 1.165) is 11.3 Å². The lowest BCUT2D eigenvalue weighted by Gasteiger charge is -2.37. The monoisotopic (exact) mass is 537 g/mol. The number of ketones is 1. The van der Waals surface area contributed by atoms with Crippen LogP contribution in [0.15, 0.2) is 58.9 Å². The molecule has 0 aromatic heterocycles. The maximum absolute atomic E-state index is 13.9. The van der Waals surface area contributed by atoms with Gasteiger partial charge in [0.2, 0.25) is 0 Å². The third kappa shape index (κ3) is 5.73. The molecule has 2 aromatic rings. The Balaban J connectivity index is 1.77. The van der Waals surface area contributed by atoms with E-state index in [4.69, 9.17) is 23.7 Å². The number of dihydropyridines is 1. The molecule has 39 heavy (non-hydrogen) atoms. The van der Waals surface area contributed by atoms with Crippen LogP contribution in [0, 0.1) is 0 Å². The predicted octanol–water partition coefficient (Wildman–Crippen LogP) is 4.36. The Morgan fingerprint density at radius 3 is 2.38 bits per heavy atom. The minimum absolute atomic E-state index is 0.0165. The Hall–Kier alpha value is -3.98. The number of methoxy groups -OCH3 is 3. The van der Waals surface area contributed by atoms with Crippen molar-refractivity contribution in [3.8, 4) is 23.0 Å². The molecule has 208 valence electrons. The minimum Gasteiger partial charge on any atom is -0.504 e. The first-order valence-corrected chi connectivity index (χ1v) is 12.9. The average molecular weight is 538 g/mol. The maximum atomic E-state index is 13.9. The highest BCUT2D eigenvalue weighted by molar-refractivity contribution is 6.04. The number of rotatable bonds is 10. The normalized spacial score (nSPS) is 18.8. The summed E-state index contributed by atoms with van der Waals surface area (Å²) in [6.07, 6.45) is 0.820. The lowest BCUT2D eigenvalue weighted by atomic mass is 9.71. The summed E-state index contributed by atoms with van der Waals surface area (Å²) < 4.78 is 27.0. The first kappa shape index (κ1) is 28.0. The van der Waals surface area contributed by atoms with Gasteiger partial charge in [-0.1, -0.05) is 12.1 Å². The van der Waals surface area contributed by atoms with Gasteiger partial charge in [-0.3, -0.25) is 4.79 Å². The smallest absolute Gasteiger partial charge is 0.336 e. The van der Waals surface area contributed by atoms with E-state index in [2.05, 4.69) is 5.32 Å². The molecule has 9 nitrogen and oxygen atoms in total. The summed E-state index contributed by atoms with van der Waals surface area (Å²) in [5, 5.41) is 13.6. The average Bonchev–Trinajstić information content (AvgIpc) is 2.93. The van der Waals surface area contributed by atoms with E-state index in [0.29, 0.717) is 46.9 Å². The van der Waals surface area contributed by atoms with Crippen molar-refractivity contribution < 1.29 is 38.4 Å². The quantitative estimate of drug-likeness (QED) is 0.337. The van der Waals surface area contributed by atoms with Crippen LogP contribution in [0.5, 0.6) is 23.0 Å². The Morgan fingerprint density at radius 1 is 0.974 bits per heavy atom. The number of allylic oxidation sites excluding steroid dienone is 3. The van der Waals surface area contributed by atoms with Gasteiger partial charge in [-0.05, 0) is 61.6 Å². The van der Waals surface area contributed by atoms with Crippen molar-refractivity contribution in [3.05, 3.63) is 70.1 Å². The van der Waals surface area contributed by atoms with Crippen LogP contribution < -0.4 is 19.5 Å². The second-order valence-electron chi connectivity index (χ2n) is 9.42. The predicted molar refractivity (Wildman–Crippen MR) is 144 cm³/mol. The zero-order valence-electron chi connectivity index (χ0n) is 23.0. The summed E-state index contributed by atoms with van der Waals surface area (Å²) in [4.78, 5) is 27.2. The molecule has 0 bridgehead atoms. The molecule has 0 saturated heterocycles. The maximum Gasteiger partial charge on any atom is 0.336 e. The molecule has 0 fully saturated rings. The van der Waals surface area contributed by atoms with Crippen LogP contribution in [0.25, 0.3) is 0 Å². The fourth-order valence-corrected chi connectivity index (χ4v) is 5.26. The summed E-state index contributed by atoms with van der Waals surface area (Å²) in [5.41, 5.74) is 3.84. The highest BCUT2D eigenvalue weighted by Crippen LogP contribution is 2.47. The number of Topliss-reactive ketones (excluding diaryl/α,β-unsaturated/α-hetero) is 1. The molecular weight excluding hydrogens is 502 g/mol. The Bertz CT molecular complexity index is 1310. The van der Waals surface area contributed by atoms with E-state index in [-0.39, 0.29) is 42.8 Å². The zero-order valence-corrected chi connectivity index (χ0v) is 23.0. The standard InChI is InChI=1S/C30H35NO8/c1-6-38-25-16-19(7-9-22(25)32)28-27(30(34)39-12-11-35-3)17(2)31-21-13-20(14-23(33)29(21)28)18-8-10-24(36-4)26(15-18)37-5/h7-10,15-16,20,28,31-32H,6,11-14H2,1-5H3/t20-,28-/m1/s1. The van der Waals surface area contributed by atoms with Gasteiger partial charge in [-0.15, -0.1) is 0 Å². The lowest BCUT2D eigenvalue weighted by Crippen LogP contribution is -2.36. The van der Waals surface area contributed by atoms with Gasteiger partial charge in [0.1, 0.15) is 6.61 Å². The number of carbonyl (C=O) groups excluding carboxylic acids is 2. The van der Waals surface area contributed by atoms with E-state index in [1.54, 1.807) is 33.3 Å². The fourth-order valence-electron chi connectivity index (χ4n) is 5.26. The van der Waals surface area contributed by atoms with Crippen LogP contribution in [0.1, 0.15) is 49.7 Å². The molecule has 0 unspecified atom stereocenters. The summed E-state index contributed by atoms with van der Waals surface area (Å²) in [5.74, 6) is 0.0992. The molecule has 0 amide bonds. The molecule has 2 atom stereocenters. The number of ether oxygens (including phenoxy) is 5. The van der Waals surface area contributed by atoms with Gasteiger partial charge < -0.3 is 34.1 Å². The van der Waals surface area contributed by atoms with Crippen molar-refractivity contribution >= 4 is 11.8 Å². The lowest BCUT2D eigenvalue weighted by molar-refractivity contribution is -0.140. The number of hydrogen-bond acceptors (Lipinski definition) is 9. The summed E-state index contributed by atoms with van der Waals surface area (Å²) in [7, 11) is 4.69. The number of esters is 1. The molecule has 0 saturated carbocycles.